The molecule has 0 bridgehead atoms. The fourth-order valence-electron chi connectivity index (χ4n) is 3.47. The first-order valence-corrected chi connectivity index (χ1v) is 8.74. The third-order valence-electron chi connectivity index (χ3n) is 4.60. The zero-order valence-corrected chi connectivity index (χ0v) is 15.2. The van der Waals surface area contributed by atoms with Gasteiger partial charge in [-0.3, -0.25) is 9.36 Å². The zero-order chi connectivity index (χ0) is 19.2. The van der Waals surface area contributed by atoms with Crippen molar-refractivity contribution in [3.05, 3.63) is 25.3 Å². The number of carbonyl (C=O) groups is 1. The highest BCUT2D eigenvalue weighted by atomic mass is 16.8. The summed E-state index contributed by atoms with van der Waals surface area (Å²) >= 11 is 0. The minimum atomic E-state index is -0.832. The molecule has 4 rings (SSSR count). The van der Waals surface area contributed by atoms with Crippen LogP contribution in [0.5, 0.6) is 0 Å². The van der Waals surface area contributed by atoms with Crippen LogP contribution < -0.4 is 11.1 Å². The van der Waals surface area contributed by atoms with Crippen molar-refractivity contribution in [2.75, 3.05) is 12.3 Å². The molecule has 0 spiro atoms. The van der Waals surface area contributed by atoms with Gasteiger partial charge in [0.05, 0.1) is 6.33 Å². The molecule has 2 fully saturated rings. The Hall–Kier alpha value is -2.56. The van der Waals surface area contributed by atoms with Gasteiger partial charge >= 0.3 is 0 Å². The quantitative estimate of drug-likeness (QED) is 0.573. The molecule has 0 saturated carbocycles. The van der Waals surface area contributed by atoms with E-state index >= 15 is 0 Å². The van der Waals surface area contributed by atoms with Crippen molar-refractivity contribution < 1.29 is 19.0 Å². The molecule has 0 aromatic carbocycles. The fourth-order valence-corrected chi connectivity index (χ4v) is 3.47. The minimum absolute atomic E-state index is 0.255. The standard InChI is InChI=1S/C17H22N6O4/c1-4-5-6-19-15(24)11-10-12(27-17(2,3)26-10)16(25-11)23-8-22-9-13(18)20-7-21-14(9)23/h4,7-8,10-12,16H,1,5-6H2,2-3H3,(H,19,24)(H2,18,20,21)/t10-,11+,12?,16?/m1/s1. The second-order valence-corrected chi connectivity index (χ2v) is 6.96. The lowest BCUT2D eigenvalue weighted by Crippen LogP contribution is -2.43. The van der Waals surface area contributed by atoms with Crippen LogP contribution in [0.25, 0.3) is 11.2 Å². The minimum Gasteiger partial charge on any atom is -0.382 e. The summed E-state index contributed by atoms with van der Waals surface area (Å²) in [6.07, 6.45) is 2.83. The lowest BCUT2D eigenvalue weighted by Gasteiger charge is -2.24. The number of fused-ring (bicyclic) bond motifs is 2. The second kappa shape index (κ2) is 6.55. The molecule has 0 radical (unpaired) electrons. The van der Waals surface area contributed by atoms with Gasteiger partial charge in [-0.15, -0.1) is 6.58 Å². The summed E-state index contributed by atoms with van der Waals surface area (Å²) < 4.78 is 19.7. The fraction of sp³-hybridized carbons (Fsp3) is 0.529. The number of carbonyl (C=O) groups excluding carboxylic acids is 1. The van der Waals surface area contributed by atoms with Crippen LogP contribution in [-0.4, -0.2) is 56.1 Å². The third kappa shape index (κ3) is 3.05. The summed E-state index contributed by atoms with van der Waals surface area (Å²) in [7, 11) is 0. The first kappa shape index (κ1) is 17.8. The maximum atomic E-state index is 12.6. The molecule has 10 heteroatoms. The monoisotopic (exact) mass is 374 g/mol. The number of amides is 1. The van der Waals surface area contributed by atoms with Crippen molar-refractivity contribution in [1.82, 2.24) is 24.8 Å². The number of rotatable bonds is 5. The van der Waals surface area contributed by atoms with E-state index in [1.165, 1.54) is 6.33 Å². The van der Waals surface area contributed by atoms with Gasteiger partial charge in [0.15, 0.2) is 29.6 Å². The number of nitrogen functional groups attached to an aromatic ring is 1. The van der Waals surface area contributed by atoms with Crippen molar-refractivity contribution in [2.45, 2.75) is 50.6 Å². The summed E-state index contributed by atoms with van der Waals surface area (Å²) in [5.74, 6) is -0.813. The molecular formula is C17H22N6O4. The number of nitrogens with two attached hydrogens (primary N) is 1. The summed E-state index contributed by atoms with van der Waals surface area (Å²) in [5.41, 5.74) is 6.84. The van der Waals surface area contributed by atoms with E-state index in [4.69, 9.17) is 19.9 Å². The van der Waals surface area contributed by atoms with E-state index in [9.17, 15) is 4.79 Å². The molecule has 27 heavy (non-hydrogen) atoms. The predicted octanol–water partition coefficient (Wildman–Crippen LogP) is 0.518. The van der Waals surface area contributed by atoms with E-state index in [-0.39, 0.29) is 11.7 Å². The molecule has 0 aliphatic carbocycles. The summed E-state index contributed by atoms with van der Waals surface area (Å²) in [4.78, 5) is 25.1. The third-order valence-corrected chi connectivity index (χ3v) is 4.60. The van der Waals surface area contributed by atoms with Crippen LogP contribution >= 0.6 is 0 Å². The maximum absolute atomic E-state index is 12.6. The number of ether oxygens (including phenoxy) is 3. The smallest absolute Gasteiger partial charge is 0.252 e. The molecule has 3 N–H and O–H groups in total. The van der Waals surface area contributed by atoms with E-state index in [1.807, 2.05) is 0 Å². The van der Waals surface area contributed by atoms with Crippen LogP contribution in [0.2, 0.25) is 0 Å². The molecule has 2 saturated heterocycles. The van der Waals surface area contributed by atoms with Crippen LogP contribution in [0.1, 0.15) is 26.5 Å². The van der Waals surface area contributed by atoms with Gasteiger partial charge in [-0.25, -0.2) is 15.0 Å². The molecule has 2 aromatic heterocycles. The van der Waals surface area contributed by atoms with Gasteiger partial charge in [0.25, 0.3) is 5.91 Å². The molecule has 2 aliphatic rings. The highest BCUT2D eigenvalue weighted by Crippen LogP contribution is 2.43. The van der Waals surface area contributed by atoms with E-state index in [0.29, 0.717) is 24.1 Å². The molecule has 2 unspecified atom stereocenters. The molecule has 10 nitrogen and oxygen atoms in total. The Bertz CT molecular complexity index is 881. The van der Waals surface area contributed by atoms with E-state index in [2.05, 4.69) is 26.8 Å². The zero-order valence-electron chi connectivity index (χ0n) is 15.2. The number of hydrogen-bond donors (Lipinski definition) is 2. The number of nitrogens with zero attached hydrogens (tertiary/aromatic N) is 4. The van der Waals surface area contributed by atoms with Crippen molar-refractivity contribution in [2.24, 2.45) is 0 Å². The van der Waals surface area contributed by atoms with Crippen LogP contribution in [0.15, 0.2) is 25.3 Å². The SMILES string of the molecule is C=CCCNC(=O)[C@H]1OC(n2cnc3c(N)ncnc32)C2OC(C)(C)O[C@@H]21. The van der Waals surface area contributed by atoms with Gasteiger partial charge in [0, 0.05) is 6.54 Å². The first-order valence-electron chi connectivity index (χ1n) is 8.74. The van der Waals surface area contributed by atoms with Crippen LogP contribution in [-0.2, 0) is 19.0 Å². The van der Waals surface area contributed by atoms with Crippen LogP contribution in [0.4, 0.5) is 5.82 Å². The van der Waals surface area contributed by atoms with Gasteiger partial charge in [-0.1, -0.05) is 6.08 Å². The number of nitrogens with one attached hydrogen (secondary N) is 1. The maximum Gasteiger partial charge on any atom is 0.252 e. The average molecular weight is 374 g/mol. The highest BCUT2D eigenvalue weighted by molar-refractivity contribution is 5.83. The Morgan fingerprint density at radius 2 is 2.15 bits per heavy atom. The average Bonchev–Trinajstić information content (AvgIpc) is 3.26. The van der Waals surface area contributed by atoms with E-state index in [0.717, 1.165) is 0 Å². The van der Waals surface area contributed by atoms with Gasteiger partial charge in [0.1, 0.15) is 24.1 Å². The van der Waals surface area contributed by atoms with Crippen LogP contribution in [0, 0.1) is 0 Å². The molecule has 1 amide bonds. The topological polar surface area (TPSA) is 126 Å². The Morgan fingerprint density at radius 1 is 1.37 bits per heavy atom. The van der Waals surface area contributed by atoms with Crippen LogP contribution in [0.3, 0.4) is 0 Å². The van der Waals surface area contributed by atoms with E-state index < -0.39 is 30.3 Å². The molecular weight excluding hydrogens is 352 g/mol. The molecule has 2 aromatic rings. The van der Waals surface area contributed by atoms with Crippen molar-refractivity contribution in [3.8, 4) is 0 Å². The second-order valence-electron chi connectivity index (χ2n) is 6.96. The Morgan fingerprint density at radius 3 is 2.93 bits per heavy atom. The summed E-state index contributed by atoms with van der Waals surface area (Å²) in [6, 6.07) is 0. The highest BCUT2D eigenvalue weighted by Gasteiger charge is 2.58. The van der Waals surface area contributed by atoms with Crippen molar-refractivity contribution in [1.29, 1.82) is 0 Å². The van der Waals surface area contributed by atoms with Crippen molar-refractivity contribution in [3.63, 3.8) is 0 Å². The largest absolute Gasteiger partial charge is 0.382 e. The molecule has 2 aliphatic heterocycles. The van der Waals surface area contributed by atoms with E-state index in [1.54, 1.807) is 30.8 Å². The Labute approximate surface area is 155 Å². The first-order chi connectivity index (χ1) is 12.9. The molecule has 4 atom stereocenters. The van der Waals surface area contributed by atoms with Gasteiger partial charge in [-0.2, -0.15) is 0 Å². The van der Waals surface area contributed by atoms with Crippen molar-refractivity contribution >= 4 is 22.9 Å². The number of aromatic nitrogens is 4. The number of hydrogen-bond acceptors (Lipinski definition) is 8. The molecule has 4 heterocycles. The number of imidazole rings is 1. The number of anilines is 1. The lowest BCUT2D eigenvalue weighted by atomic mass is 10.1. The summed E-state index contributed by atoms with van der Waals surface area (Å²) in [5, 5.41) is 2.84. The van der Waals surface area contributed by atoms with Gasteiger partial charge in [0.2, 0.25) is 0 Å². The predicted molar refractivity (Wildman–Crippen MR) is 95.3 cm³/mol. The Balaban J connectivity index is 1.65. The normalized spacial score (nSPS) is 29.0. The summed E-state index contributed by atoms with van der Waals surface area (Å²) in [6.45, 7) is 7.74. The molecule has 144 valence electrons. The lowest BCUT2D eigenvalue weighted by molar-refractivity contribution is -0.197. The van der Waals surface area contributed by atoms with Gasteiger partial charge in [-0.05, 0) is 20.3 Å². The Kier molecular flexibility index (Phi) is 4.33. The van der Waals surface area contributed by atoms with Gasteiger partial charge < -0.3 is 25.3 Å².